The van der Waals surface area contributed by atoms with E-state index in [2.05, 4.69) is 4.90 Å². The lowest BCUT2D eigenvalue weighted by Crippen LogP contribution is -2.48. The van der Waals surface area contributed by atoms with E-state index in [0.717, 1.165) is 54.0 Å². The van der Waals surface area contributed by atoms with Crippen molar-refractivity contribution in [3.05, 3.63) is 83.2 Å². The fourth-order valence-corrected chi connectivity index (χ4v) is 6.52. The highest BCUT2D eigenvalue weighted by Crippen LogP contribution is 2.43. The molecule has 0 aliphatic carbocycles. The number of aryl methyl sites for hydroxylation is 1. The van der Waals surface area contributed by atoms with Crippen molar-refractivity contribution < 1.29 is 28.2 Å². The lowest BCUT2D eigenvalue weighted by molar-refractivity contribution is -0.137. The van der Waals surface area contributed by atoms with Gasteiger partial charge in [0.05, 0.1) is 32.3 Å². The van der Waals surface area contributed by atoms with Crippen LogP contribution in [0.15, 0.2) is 60.7 Å². The van der Waals surface area contributed by atoms with E-state index >= 15 is 0 Å². The molecule has 2 heterocycles. The number of rotatable bonds is 9. The zero-order chi connectivity index (χ0) is 31.4. The van der Waals surface area contributed by atoms with Crippen LogP contribution in [0.5, 0.6) is 11.5 Å². The van der Waals surface area contributed by atoms with Crippen LogP contribution in [-0.2, 0) is 20.9 Å². The Bertz CT molecular complexity index is 1470. The van der Waals surface area contributed by atoms with E-state index in [1.807, 2.05) is 43.3 Å². The molecule has 2 aliphatic heterocycles. The summed E-state index contributed by atoms with van der Waals surface area (Å²) in [5.41, 5.74) is 4.26. The number of amides is 2. The monoisotopic (exact) mass is 603 g/mol. The molecule has 2 amide bonds. The first-order valence-electron chi connectivity index (χ1n) is 15.2. The van der Waals surface area contributed by atoms with Crippen LogP contribution in [0.1, 0.15) is 48.4 Å². The predicted octanol–water partition coefficient (Wildman–Crippen LogP) is 5.91. The maximum Gasteiger partial charge on any atom is 0.228 e. The second-order valence-electron chi connectivity index (χ2n) is 11.7. The highest BCUT2D eigenvalue weighted by Gasteiger charge is 2.43. The number of hydrogen-bond donors (Lipinski definition) is 0. The third kappa shape index (κ3) is 6.53. The molecule has 234 valence electrons. The molecular weight excluding hydrogens is 561 g/mol. The van der Waals surface area contributed by atoms with Crippen LogP contribution in [-0.4, -0.2) is 64.3 Å². The summed E-state index contributed by atoms with van der Waals surface area (Å²) in [6, 6.07) is 17.5. The van der Waals surface area contributed by atoms with E-state index in [9.17, 15) is 14.0 Å². The van der Waals surface area contributed by atoms with Gasteiger partial charge < -0.3 is 28.9 Å². The van der Waals surface area contributed by atoms with Gasteiger partial charge in [-0.3, -0.25) is 9.59 Å². The number of benzene rings is 3. The minimum Gasteiger partial charge on any atom is -0.493 e. The van der Waals surface area contributed by atoms with E-state index in [1.54, 1.807) is 50.3 Å². The van der Waals surface area contributed by atoms with Crippen molar-refractivity contribution >= 4 is 23.2 Å². The van der Waals surface area contributed by atoms with Gasteiger partial charge in [0, 0.05) is 51.6 Å². The lowest BCUT2D eigenvalue weighted by Gasteiger charge is -2.42. The SMILES string of the molecule is COc1ccc(C2C(C(=O)N(C)Cc3cc(F)ccc3N3CCC(OC)CC3)CCC(=O)N2c2ccc(C)cc2)cc1OC. The summed E-state index contributed by atoms with van der Waals surface area (Å²) in [5.74, 6) is 0.0522. The summed E-state index contributed by atoms with van der Waals surface area (Å²) in [4.78, 5) is 33.6. The van der Waals surface area contributed by atoms with Crippen molar-refractivity contribution in [1.82, 2.24) is 4.90 Å². The number of nitrogens with zero attached hydrogens (tertiary/aromatic N) is 3. The average molecular weight is 604 g/mol. The summed E-state index contributed by atoms with van der Waals surface area (Å²) < 4.78 is 31.2. The fourth-order valence-electron chi connectivity index (χ4n) is 6.52. The molecule has 3 aromatic rings. The molecule has 0 aromatic heterocycles. The van der Waals surface area contributed by atoms with Crippen molar-refractivity contribution in [3.8, 4) is 11.5 Å². The molecule has 2 unspecified atom stereocenters. The van der Waals surface area contributed by atoms with Gasteiger partial charge >= 0.3 is 0 Å². The van der Waals surface area contributed by atoms with Gasteiger partial charge in [-0.2, -0.15) is 0 Å². The average Bonchev–Trinajstić information content (AvgIpc) is 3.04. The Morgan fingerprint density at radius 2 is 1.64 bits per heavy atom. The van der Waals surface area contributed by atoms with Gasteiger partial charge in [-0.25, -0.2) is 4.39 Å². The molecule has 8 nitrogen and oxygen atoms in total. The molecular formula is C35H42FN3O5. The fraction of sp³-hybridized carbons (Fsp3) is 0.429. The van der Waals surface area contributed by atoms with Gasteiger partial charge in [0.15, 0.2) is 11.5 Å². The van der Waals surface area contributed by atoms with Gasteiger partial charge in [-0.05, 0) is 79.8 Å². The maximum atomic E-state index is 14.6. The van der Waals surface area contributed by atoms with E-state index in [1.165, 1.54) is 12.1 Å². The van der Waals surface area contributed by atoms with Crippen molar-refractivity contribution in [3.63, 3.8) is 0 Å². The van der Waals surface area contributed by atoms with Gasteiger partial charge in [0.25, 0.3) is 0 Å². The first-order valence-corrected chi connectivity index (χ1v) is 15.2. The molecule has 3 aromatic carbocycles. The van der Waals surface area contributed by atoms with Crippen molar-refractivity contribution in [2.75, 3.05) is 51.3 Å². The van der Waals surface area contributed by atoms with E-state index in [-0.39, 0.29) is 36.7 Å². The lowest BCUT2D eigenvalue weighted by atomic mass is 9.82. The van der Waals surface area contributed by atoms with Gasteiger partial charge in [-0.15, -0.1) is 0 Å². The number of hydrogen-bond acceptors (Lipinski definition) is 6. The third-order valence-electron chi connectivity index (χ3n) is 8.92. The number of halogens is 1. The van der Waals surface area contributed by atoms with E-state index in [0.29, 0.717) is 17.9 Å². The standard InChI is InChI=1S/C35H42FN3O5/c1-23-6-10-27(11-7-23)39-33(40)15-12-29(34(39)24-8-14-31(43-4)32(21-24)44-5)35(41)37(2)22-25-20-26(36)9-13-30(25)38-18-16-28(42-3)17-19-38/h6-11,13-14,20-21,28-29,34H,12,15-19,22H2,1-5H3. The molecule has 0 saturated carbocycles. The topological polar surface area (TPSA) is 71.6 Å². The van der Waals surface area contributed by atoms with Gasteiger partial charge in [-0.1, -0.05) is 23.8 Å². The zero-order valence-corrected chi connectivity index (χ0v) is 26.2. The number of carbonyl (C=O) groups is 2. The Hall–Kier alpha value is -4.11. The first-order chi connectivity index (χ1) is 21.2. The van der Waals surface area contributed by atoms with Crippen molar-refractivity contribution in [2.45, 2.75) is 51.3 Å². The Morgan fingerprint density at radius 1 is 0.932 bits per heavy atom. The van der Waals surface area contributed by atoms with Crippen LogP contribution in [0.3, 0.4) is 0 Å². The second-order valence-corrected chi connectivity index (χ2v) is 11.7. The number of anilines is 2. The molecule has 2 aliphatic rings. The molecule has 5 rings (SSSR count). The quantitative estimate of drug-likeness (QED) is 0.303. The predicted molar refractivity (Wildman–Crippen MR) is 169 cm³/mol. The summed E-state index contributed by atoms with van der Waals surface area (Å²) in [6.07, 6.45) is 2.63. The van der Waals surface area contributed by atoms with Gasteiger partial charge in [0.1, 0.15) is 5.82 Å². The number of ether oxygens (including phenoxy) is 3. The number of piperidine rings is 2. The third-order valence-corrected chi connectivity index (χ3v) is 8.92. The minimum absolute atomic E-state index is 0.0489. The van der Waals surface area contributed by atoms with Crippen molar-refractivity contribution in [1.29, 1.82) is 0 Å². The molecule has 2 fully saturated rings. The Balaban J connectivity index is 1.48. The Labute approximate surface area is 259 Å². The summed E-state index contributed by atoms with van der Waals surface area (Å²) in [5, 5.41) is 0. The Morgan fingerprint density at radius 3 is 2.30 bits per heavy atom. The van der Waals surface area contributed by atoms with E-state index < -0.39 is 12.0 Å². The maximum absolute atomic E-state index is 14.6. The molecule has 2 saturated heterocycles. The molecule has 44 heavy (non-hydrogen) atoms. The molecule has 2 atom stereocenters. The van der Waals surface area contributed by atoms with Crippen LogP contribution in [0.25, 0.3) is 0 Å². The van der Waals surface area contributed by atoms with Crippen LogP contribution in [0.2, 0.25) is 0 Å². The van der Waals surface area contributed by atoms with E-state index in [4.69, 9.17) is 14.2 Å². The summed E-state index contributed by atoms with van der Waals surface area (Å²) in [7, 11) is 6.63. The van der Waals surface area contributed by atoms with Crippen LogP contribution >= 0.6 is 0 Å². The Kier molecular flexibility index (Phi) is 9.74. The molecule has 9 heteroatoms. The normalized spacial score (nSPS) is 19.2. The van der Waals surface area contributed by atoms with Crippen LogP contribution in [0, 0.1) is 18.7 Å². The highest BCUT2D eigenvalue weighted by molar-refractivity contribution is 5.97. The van der Waals surface area contributed by atoms with Crippen molar-refractivity contribution in [2.24, 2.45) is 5.92 Å². The molecule has 0 bridgehead atoms. The summed E-state index contributed by atoms with van der Waals surface area (Å²) in [6.45, 7) is 3.83. The van der Waals surface area contributed by atoms with Gasteiger partial charge in [0.2, 0.25) is 11.8 Å². The second kappa shape index (κ2) is 13.7. The first kappa shape index (κ1) is 31.3. The number of carbonyl (C=O) groups excluding carboxylic acids is 2. The highest BCUT2D eigenvalue weighted by atomic mass is 19.1. The summed E-state index contributed by atoms with van der Waals surface area (Å²) >= 11 is 0. The molecule has 0 radical (unpaired) electrons. The largest absolute Gasteiger partial charge is 0.493 e. The van der Waals surface area contributed by atoms with Crippen LogP contribution in [0.4, 0.5) is 15.8 Å². The number of methoxy groups -OCH3 is 3. The molecule has 0 spiro atoms. The van der Waals surface area contributed by atoms with Crippen LogP contribution < -0.4 is 19.3 Å². The smallest absolute Gasteiger partial charge is 0.228 e. The molecule has 0 N–H and O–H groups in total. The zero-order valence-electron chi connectivity index (χ0n) is 26.2. The minimum atomic E-state index is -0.575.